The summed E-state index contributed by atoms with van der Waals surface area (Å²) in [6.07, 6.45) is 2.78. The summed E-state index contributed by atoms with van der Waals surface area (Å²) in [4.78, 5) is 7.88. The van der Waals surface area contributed by atoms with Crippen LogP contribution >= 0.6 is 34.8 Å². The fraction of sp³-hybridized carbons (Fsp3) is 0.0909. The van der Waals surface area contributed by atoms with Gasteiger partial charge in [-0.25, -0.2) is 4.98 Å². The summed E-state index contributed by atoms with van der Waals surface area (Å²) in [5.74, 6) is 0.574. The van der Waals surface area contributed by atoms with Gasteiger partial charge in [-0.1, -0.05) is 34.8 Å². The molecule has 0 saturated carbocycles. The monoisotopic (exact) mass is 304 g/mol. The molecule has 1 aromatic carbocycles. The van der Waals surface area contributed by atoms with E-state index < -0.39 is 0 Å². The third kappa shape index (κ3) is 3.03. The minimum atomic E-state index is -0.180. The van der Waals surface area contributed by atoms with Crippen LogP contribution in [-0.2, 0) is 6.61 Å². The van der Waals surface area contributed by atoms with Crippen LogP contribution in [0.5, 0.6) is 11.6 Å². The molecule has 0 aliphatic carbocycles. The van der Waals surface area contributed by atoms with E-state index >= 15 is 0 Å². The number of hydrogen-bond donors (Lipinski definition) is 1. The van der Waals surface area contributed by atoms with E-state index in [9.17, 15) is 0 Å². The smallest absolute Gasteiger partial charge is 0.237 e. The van der Waals surface area contributed by atoms with Gasteiger partial charge in [-0.05, 0) is 6.07 Å². The third-order valence-electron chi connectivity index (χ3n) is 2.03. The lowest BCUT2D eigenvalue weighted by atomic mass is 10.3. The topological polar surface area (TPSA) is 55.2 Å². The van der Waals surface area contributed by atoms with E-state index in [0.29, 0.717) is 26.5 Å². The maximum atomic E-state index is 8.83. The Bertz CT molecular complexity index is 561. The van der Waals surface area contributed by atoms with Crippen LogP contribution in [0.1, 0.15) is 5.69 Å². The molecule has 0 fully saturated rings. The first-order valence-corrected chi connectivity index (χ1v) is 5.97. The molecule has 0 bridgehead atoms. The standard InChI is InChI=1S/C11H7Cl3N2O2/c12-7-1-9(14)10(2-8(7)13)18-11-4-15-6(5-17)3-16-11/h1-4,17H,5H2. The highest BCUT2D eigenvalue weighted by Gasteiger charge is 2.09. The van der Waals surface area contributed by atoms with Crippen molar-refractivity contribution >= 4 is 34.8 Å². The number of ether oxygens (including phenoxy) is 1. The molecular weight excluding hydrogens is 298 g/mol. The zero-order chi connectivity index (χ0) is 13.1. The van der Waals surface area contributed by atoms with Gasteiger partial charge in [0.1, 0.15) is 5.75 Å². The molecule has 0 amide bonds. The molecule has 0 aliphatic rings. The van der Waals surface area contributed by atoms with Crippen LogP contribution in [-0.4, -0.2) is 15.1 Å². The second kappa shape index (κ2) is 5.71. The number of aliphatic hydroxyl groups is 1. The van der Waals surface area contributed by atoms with Gasteiger partial charge in [-0.3, -0.25) is 4.98 Å². The van der Waals surface area contributed by atoms with Gasteiger partial charge >= 0.3 is 0 Å². The van der Waals surface area contributed by atoms with Gasteiger partial charge < -0.3 is 9.84 Å². The van der Waals surface area contributed by atoms with Gasteiger partial charge in [-0.15, -0.1) is 0 Å². The van der Waals surface area contributed by atoms with Crippen molar-refractivity contribution in [2.24, 2.45) is 0 Å². The Hall–Kier alpha value is -1.07. The number of aliphatic hydroxyl groups excluding tert-OH is 1. The number of aromatic nitrogens is 2. The second-order valence-corrected chi connectivity index (χ2v) is 4.52. The number of nitrogens with zero attached hydrogens (tertiary/aromatic N) is 2. The Morgan fingerprint density at radius 2 is 1.72 bits per heavy atom. The Labute approximate surface area is 118 Å². The second-order valence-electron chi connectivity index (χ2n) is 3.30. The van der Waals surface area contributed by atoms with Crippen LogP contribution in [0, 0.1) is 0 Å². The average molecular weight is 306 g/mol. The highest BCUT2D eigenvalue weighted by atomic mass is 35.5. The minimum Gasteiger partial charge on any atom is -0.436 e. The van der Waals surface area contributed by atoms with Gasteiger partial charge in [0.2, 0.25) is 5.88 Å². The maximum Gasteiger partial charge on any atom is 0.237 e. The third-order valence-corrected chi connectivity index (χ3v) is 3.05. The Morgan fingerprint density at radius 3 is 2.33 bits per heavy atom. The van der Waals surface area contributed by atoms with Gasteiger partial charge in [-0.2, -0.15) is 0 Å². The lowest BCUT2D eigenvalue weighted by molar-refractivity contribution is 0.276. The fourth-order valence-electron chi connectivity index (χ4n) is 1.17. The summed E-state index contributed by atoms with van der Waals surface area (Å²) in [6.45, 7) is -0.180. The van der Waals surface area contributed by atoms with Gasteiger partial charge in [0.15, 0.2) is 0 Å². The first kappa shape index (κ1) is 13.4. The zero-order valence-corrected chi connectivity index (χ0v) is 11.2. The lowest BCUT2D eigenvalue weighted by Gasteiger charge is -2.07. The quantitative estimate of drug-likeness (QED) is 0.878. The van der Waals surface area contributed by atoms with Crippen LogP contribution in [0.25, 0.3) is 0 Å². The SMILES string of the molecule is OCc1cnc(Oc2cc(Cl)c(Cl)cc2Cl)cn1. The molecule has 2 aromatic rings. The van der Waals surface area contributed by atoms with Crippen LogP contribution in [0.2, 0.25) is 15.1 Å². The molecule has 0 aliphatic heterocycles. The van der Waals surface area contributed by atoms with Crippen molar-refractivity contribution in [3.05, 3.63) is 45.3 Å². The van der Waals surface area contributed by atoms with Gasteiger partial charge in [0.05, 0.1) is 39.8 Å². The van der Waals surface area contributed by atoms with Crippen LogP contribution in [0.15, 0.2) is 24.5 Å². The summed E-state index contributed by atoms with van der Waals surface area (Å²) >= 11 is 17.6. The van der Waals surface area contributed by atoms with Crippen molar-refractivity contribution in [3.63, 3.8) is 0 Å². The molecule has 94 valence electrons. The molecule has 0 saturated heterocycles. The molecule has 1 aromatic heterocycles. The fourth-order valence-corrected chi connectivity index (χ4v) is 1.75. The van der Waals surface area contributed by atoms with Crippen molar-refractivity contribution in [2.75, 3.05) is 0 Å². The Kier molecular flexibility index (Phi) is 4.24. The zero-order valence-electron chi connectivity index (χ0n) is 8.90. The maximum absolute atomic E-state index is 8.83. The Balaban J connectivity index is 2.25. The summed E-state index contributed by atoms with van der Waals surface area (Å²) in [5.41, 5.74) is 0.447. The minimum absolute atomic E-state index is 0.180. The molecule has 0 spiro atoms. The molecule has 2 rings (SSSR count). The summed E-state index contributed by atoms with van der Waals surface area (Å²) in [6, 6.07) is 2.98. The van der Waals surface area contributed by atoms with Crippen LogP contribution in [0.3, 0.4) is 0 Å². The lowest BCUT2D eigenvalue weighted by Crippen LogP contribution is -1.94. The van der Waals surface area contributed by atoms with E-state index in [4.69, 9.17) is 44.6 Å². The highest BCUT2D eigenvalue weighted by Crippen LogP contribution is 2.35. The van der Waals surface area contributed by atoms with Crippen molar-refractivity contribution in [3.8, 4) is 11.6 Å². The normalized spacial score (nSPS) is 10.4. The van der Waals surface area contributed by atoms with E-state index in [-0.39, 0.29) is 12.5 Å². The first-order valence-electron chi connectivity index (χ1n) is 4.84. The molecule has 4 nitrogen and oxygen atoms in total. The molecule has 0 radical (unpaired) electrons. The van der Waals surface area contributed by atoms with Crippen molar-refractivity contribution in [2.45, 2.75) is 6.61 Å². The molecule has 0 unspecified atom stereocenters. The molecule has 0 atom stereocenters. The van der Waals surface area contributed by atoms with E-state index in [2.05, 4.69) is 9.97 Å². The summed E-state index contributed by atoms with van der Waals surface area (Å²) in [7, 11) is 0. The first-order chi connectivity index (χ1) is 8.60. The van der Waals surface area contributed by atoms with Crippen LogP contribution < -0.4 is 4.74 Å². The molecule has 1 heterocycles. The highest BCUT2D eigenvalue weighted by molar-refractivity contribution is 6.43. The van der Waals surface area contributed by atoms with E-state index in [1.54, 1.807) is 0 Å². The van der Waals surface area contributed by atoms with Crippen LogP contribution in [0.4, 0.5) is 0 Å². The molecule has 7 heteroatoms. The van der Waals surface area contributed by atoms with Crippen molar-refractivity contribution < 1.29 is 9.84 Å². The summed E-state index contributed by atoms with van der Waals surface area (Å²) in [5, 5.41) is 9.82. The predicted molar refractivity (Wildman–Crippen MR) is 69.5 cm³/mol. The number of benzene rings is 1. The van der Waals surface area contributed by atoms with Crippen molar-refractivity contribution in [1.29, 1.82) is 0 Å². The van der Waals surface area contributed by atoms with Gasteiger partial charge in [0, 0.05) is 6.07 Å². The Morgan fingerprint density at radius 1 is 1.00 bits per heavy atom. The number of hydrogen-bond acceptors (Lipinski definition) is 4. The summed E-state index contributed by atoms with van der Waals surface area (Å²) < 4.78 is 5.41. The average Bonchev–Trinajstić information content (AvgIpc) is 2.37. The number of halogens is 3. The largest absolute Gasteiger partial charge is 0.436 e. The van der Waals surface area contributed by atoms with Gasteiger partial charge in [0.25, 0.3) is 0 Å². The molecule has 18 heavy (non-hydrogen) atoms. The van der Waals surface area contributed by atoms with E-state index in [1.807, 2.05) is 0 Å². The van der Waals surface area contributed by atoms with Crippen molar-refractivity contribution in [1.82, 2.24) is 9.97 Å². The van der Waals surface area contributed by atoms with E-state index in [0.717, 1.165) is 0 Å². The number of rotatable bonds is 3. The van der Waals surface area contributed by atoms with E-state index in [1.165, 1.54) is 24.5 Å². The molecule has 1 N–H and O–H groups in total. The predicted octanol–water partition coefficient (Wildman–Crippen LogP) is 3.72. The molecular formula is C11H7Cl3N2O2.